The lowest BCUT2D eigenvalue weighted by atomic mass is 10.0. The van der Waals surface area contributed by atoms with Crippen LogP contribution in [0.3, 0.4) is 0 Å². The number of alkyl halides is 3. The van der Waals surface area contributed by atoms with Crippen molar-refractivity contribution in [2.24, 2.45) is 5.92 Å². The summed E-state index contributed by atoms with van der Waals surface area (Å²) in [6, 6.07) is 3.95. The van der Waals surface area contributed by atoms with E-state index in [0.29, 0.717) is 11.9 Å². The van der Waals surface area contributed by atoms with E-state index in [4.69, 9.17) is 0 Å². The summed E-state index contributed by atoms with van der Waals surface area (Å²) in [4.78, 5) is 11.3. The fourth-order valence-electron chi connectivity index (χ4n) is 4.70. The number of hydrogen-bond donors (Lipinski definition) is 0. The predicted octanol–water partition coefficient (Wildman–Crippen LogP) is 2.71. The zero-order chi connectivity index (χ0) is 17.6. The molecule has 0 bridgehead atoms. The van der Waals surface area contributed by atoms with Crippen molar-refractivity contribution in [2.45, 2.75) is 37.5 Å². The lowest BCUT2D eigenvalue weighted by Crippen LogP contribution is -2.45. The van der Waals surface area contributed by atoms with E-state index in [2.05, 4.69) is 26.7 Å². The lowest BCUT2D eigenvalue weighted by Gasteiger charge is -2.37. The minimum atomic E-state index is -4.32. The highest BCUT2D eigenvalue weighted by Gasteiger charge is 2.42. The first-order valence-corrected chi connectivity index (χ1v) is 9.14. The summed E-state index contributed by atoms with van der Waals surface area (Å²) in [6.07, 6.45) is 0.0577. The van der Waals surface area contributed by atoms with Crippen molar-refractivity contribution >= 4 is 5.82 Å². The Hall–Kier alpha value is -1.34. The van der Waals surface area contributed by atoms with Crippen molar-refractivity contribution in [1.29, 1.82) is 0 Å². The Morgan fingerprint density at radius 2 is 1.80 bits per heavy atom. The second-order valence-electron chi connectivity index (χ2n) is 7.67. The fraction of sp³-hybridized carbons (Fsp3) is 0.722. The van der Waals surface area contributed by atoms with Crippen LogP contribution in [0.25, 0.3) is 0 Å². The first-order chi connectivity index (χ1) is 11.9. The molecule has 0 saturated carbocycles. The van der Waals surface area contributed by atoms with Crippen LogP contribution in [0.2, 0.25) is 0 Å². The van der Waals surface area contributed by atoms with Crippen LogP contribution in [-0.2, 0) is 6.18 Å². The number of hydrogen-bond acceptors (Lipinski definition) is 4. The summed E-state index contributed by atoms with van der Waals surface area (Å²) < 4.78 is 37.9. The van der Waals surface area contributed by atoms with Gasteiger partial charge in [-0.15, -0.1) is 0 Å². The van der Waals surface area contributed by atoms with E-state index in [-0.39, 0.29) is 0 Å². The summed E-state index contributed by atoms with van der Waals surface area (Å²) in [5.74, 6) is 1.48. The van der Waals surface area contributed by atoms with Crippen LogP contribution < -0.4 is 4.90 Å². The molecule has 3 fully saturated rings. The van der Waals surface area contributed by atoms with Gasteiger partial charge in [0.25, 0.3) is 0 Å². The van der Waals surface area contributed by atoms with Gasteiger partial charge in [-0.25, -0.2) is 4.98 Å². The highest BCUT2D eigenvalue weighted by molar-refractivity contribution is 5.40. The second kappa shape index (κ2) is 6.43. The third-order valence-corrected chi connectivity index (χ3v) is 6.23. The molecule has 2 atom stereocenters. The van der Waals surface area contributed by atoms with Crippen LogP contribution in [0.1, 0.15) is 24.8 Å². The number of likely N-dealkylation sites (N-methyl/N-ethyl adjacent to an activating group) is 1. The van der Waals surface area contributed by atoms with E-state index in [0.717, 1.165) is 50.2 Å². The quantitative estimate of drug-likeness (QED) is 0.814. The molecule has 0 amide bonds. The first kappa shape index (κ1) is 17.1. The number of fused-ring (bicyclic) bond motifs is 1. The van der Waals surface area contributed by atoms with Gasteiger partial charge in [0.15, 0.2) is 0 Å². The van der Waals surface area contributed by atoms with Gasteiger partial charge in [0.05, 0.1) is 5.56 Å². The van der Waals surface area contributed by atoms with E-state index in [1.807, 2.05) is 0 Å². The van der Waals surface area contributed by atoms with E-state index in [1.165, 1.54) is 32.1 Å². The smallest absolute Gasteiger partial charge is 0.357 e. The maximum Gasteiger partial charge on any atom is 0.417 e. The van der Waals surface area contributed by atoms with Crippen molar-refractivity contribution in [3.05, 3.63) is 23.9 Å². The Labute approximate surface area is 146 Å². The summed E-state index contributed by atoms with van der Waals surface area (Å²) in [5.41, 5.74) is -0.682. The molecule has 1 aromatic rings. The highest BCUT2D eigenvalue weighted by atomic mass is 19.4. The van der Waals surface area contributed by atoms with Crippen molar-refractivity contribution < 1.29 is 13.2 Å². The molecular weight excluding hydrogens is 329 g/mol. The van der Waals surface area contributed by atoms with Crippen molar-refractivity contribution in [1.82, 2.24) is 14.8 Å². The van der Waals surface area contributed by atoms with Gasteiger partial charge in [-0.3, -0.25) is 4.90 Å². The maximum atomic E-state index is 12.6. The predicted molar refractivity (Wildman–Crippen MR) is 90.6 cm³/mol. The molecular formula is C18H25F3N4. The molecule has 4 rings (SSSR count). The van der Waals surface area contributed by atoms with Gasteiger partial charge < -0.3 is 9.80 Å². The number of halogens is 3. The molecule has 0 aromatic carbocycles. The van der Waals surface area contributed by atoms with Crippen LogP contribution in [0.4, 0.5) is 19.0 Å². The molecule has 0 radical (unpaired) electrons. The van der Waals surface area contributed by atoms with Crippen molar-refractivity contribution in [3.8, 4) is 0 Å². The molecule has 7 heteroatoms. The molecule has 0 aliphatic carbocycles. The summed E-state index contributed by atoms with van der Waals surface area (Å²) in [6.45, 7) is 5.33. The molecule has 3 saturated heterocycles. The van der Waals surface area contributed by atoms with Crippen molar-refractivity contribution in [3.63, 3.8) is 0 Å². The SMILES string of the molecule is CN1CC[C@H]2CN(C3CCN(c4ccc(C(F)(F)F)cn4)CC3)C[C@H]21. The van der Waals surface area contributed by atoms with E-state index >= 15 is 0 Å². The molecule has 4 nitrogen and oxygen atoms in total. The molecule has 3 aliphatic heterocycles. The van der Waals surface area contributed by atoms with Gasteiger partial charge in [-0.1, -0.05) is 0 Å². The Bertz CT molecular complexity index is 595. The highest BCUT2D eigenvalue weighted by Crippen LogP contribution is 2.34. The minimum Gasteiger partial charge on any atom is -0.357 e. The number of anilines is 1. The number of pyridine rings is 1. The lowest BCUT2D eigenvalue weighted by molar-refractivity contribution is -0.137. The summed E-state index contributed by atoms with van der Waals surface area (Å²) in [5, 5.41) is 0. The minimum absolute atomic E-state index is 0.602. The molecule has 3 aliphatic rings. The Kier molecular flexibility index (Phi) is 4.40. The normalized spacial score (nSPS) is 29.4. The van der Waals surface area contributed by atoms with Gasteiger partial charge in [0.2, 0.25) is 0 Å². The number of likely N-dealkylation sites (tertiary alicyclic amines) is 2. The zero-order valence-corrected chi connectivity index (χ0v) is 14.5. The molecule has 1 aromatic heterocycles. The fourth-order valence-corrected chi connectivity index (χ4v) is 4.70. The summed E-state index contributed by atoms with van der Waals surface area (Å²) >= 11 is 0. The summed E-state index contributed by atoms with van der Waals surface area (Å²) in [7, 11) is 2.23. The van der Waals surface area contributed by atoms with Crippen LogP contribution in [0.15, 0.2) is 18.3 Å². The topological polar surface area (TPSA) is 22.6 Å². The molecule has 138 valence electrons. The molecule has 0 unspecified atom stereocenters. The van der Waals surface area contributed by atoms with Gasteiger partial charge in [0.1, 0.15) is 5.82 Å². The van der Waals surface area contributed by atoms with Crippen LogP contribution in [0, 0.1) is 5.92 Å². The molecule has 0 N–H and O–H groups in total. The van der Waals surface area contributed by atoms with Gasteiger partial charge in [0, 0.05) is 44.5 Å². The molecule has 25 heavy (non-hydrogen) atoms. The third kappa shape index (κ3) is 3.36. The Morgan fingerprint density at radius 1 is 1.04 bits per heavy atom. The van der Waals surface area contributed by atoms with Gasteiger partial charge in [-0.2, -0.15) is 13.2 Å². The van der Waals surface area contributed by atoms with Crippen LogP contribution in [0.5, 0.6) is 0 Å². The van der Waals surface area contributed by atoms with E-state index in [1.54, 1.807) is 0 Å². The molecule has 0 spiro atoms. The monoisotopic (exact) mass is 354 g/mol. The zero-order valence-electron chi connectivity index (χ0n) is 14.5. The van der Waals surface area contributed by atoms with E-state index in [9.17, 15) is 13.2 Å². The largest absolute Gasteiger partial charge is 0.417 e. The third-order valence-electron chi connectivity index (χ3n) is 6.23. The average Bonchev–Trinajstić information content (AvgIpc) is 3.17. The maximum absolute atomic E-state index is 12.6. The van der Waals surface area contributed by atoms with Crippen LogP contribution in [-0.4, -0.2) is 66.6 Å². The number of piperidine rings is 1. The Balaban J connectivity index is 1.33. The van der Waals surface area contributed by atoms with Crippen molar-refractivity contribution in [2.75, 3.05) is 44.7 Å². The first-order valence-electron chi connectivity index (χ1n) is 9.14. The Morgan fingerprint density at radius 3 is 2.40 bits per heavy atom. The number of nitrogens with zero attached hydrogens (tertiary/aromatic N) is 4. The number of rotatable bonds is 2. The van der Waals surface area contributed by atoms with E-state index < -0.39 is 11.7 Å². The van der Waals surface area contributed by atoms with Crippen LogP contribution >= 0.6 is 0 Å². The standard InChI is InChI=1S/C18H25F3N4/c1-23-7-4-13-11-25(12-16(13)23)15-5-8-24(9-6-15)17-3-2-14(10-22-17)18(19,20)21/h2-3,10,13,15-16H,4-9,11-12H2,1H3/t13-,16+/m0/s1. The number of aromatic nitrogens is 1. The van der Waals surface area contributed by atoms with Gasteiger partial charge >= 0.3 is 6.18 Å². The second-order valence-corrected chi connectivity index (χ2v) is 7.67. The average molecular weight is 354 g/mol. The molecule has 4 heterocycles. The van der Waals surface area contributed by atoms with Gasteiger partial charge in [-0.05, 0) is 50.9 Å².